The zero-order valence-corrected chi connectivity index (χ0v) is 15.2. The van der Waals surface area contributed by atoms with Crippen molar-refractivity contribution in [3.05, 3.63) is 35.7 Å². The second-order valence-corrected chi connectivity index (χ2v) is 6.52. The van der Waals surface area contributed by atoms with Crippen LogP contribution < -0.4 is 15.5 Å². The Kier molecular flexibility index (Phi) is 5.32. The van der Waals surface area contributed by atoms with Gasteiger partial charge in [0, 0.05) is 32.9 Å². The van der Waals surface area contributed by atoms with E-state index in [1.54, 1.807) is 11.0 Å². The van der Waals surface area contributed by atoms with E-state index in [1.807, 2.05) is 26.2 Å². The Labute approximate surface area is 153 Å². The molecule has 0 unspecified atom stereocenters. The van der Waals surface area contributed by atoms with Crippen molar-refractivity contribution < 1.29 is 0 Å². The van der Waals surface area contributed by atoms with Crippen LogP contribution in [0.3, 0.4) is 0 Å². The second kappa shape index (κ2) is 7.83. The van der Waals surface area contributed by atoms with E-state index in [0.29, 0.717) is 11.5 Å². The number of piperidine rings is 1. The first-order valence-electron chi connectivity index (χ1n) is 8.73. The van der Waals surface area contributed by atoms with E-state index in [9.17, 15) is 5.26 Å². The van der Waals surface area contributed by atoms with Gasteiger partial charge in [0.15, 0.2) is 5.82 Å². The maximum Gasteiger partial charge on any atom is 0.230 e. The van der Waals surface area contributed by atoms with Gasteiger partial charge in [0.1, 0.15) is 6.07 Å². The van der Waals surface area contributed by atoms with Gasteiger partial charge in [-0.3, -0.25) is 0 Å². The first kappa shape index (κ1) is 17.7. The van der Waals surface area contributed by atoms with Crippen LogP contribution in [0.25, 0.3) is 11.6 Å². The minimum absolute atomic E-state index is 0.0975. The van der Waals surface area contributed by atoms with Crippen molar-refractivity contribution in [3.63, 3.8) is 0 Å². The Morgan fingerprint density at radius 2 is 1.81 bits per heavy atom. The van der Waals surface area contributed by atoms with Crippen molar-refractivity contribution in [2.75, 3.05) is 42.7 Å². The molecule has 0 aliphatic carbocycles. The van der Waals surface area contributed by atoms with E-state index < -0.39 is 0 Å². The fourth-order valence-electron chi connectivity index (χ4n) is 2.95. The normalized spacial score (nSPS) is 14.8. The van der Waals surface area contributed by atoms with Gasteiger partial charge in [-0.15, -0.1) is 0 Å². The molecule has 1 aromatic heterocycles. The van der Waals surface area contributed by atoms with Gasteiger partial charge < -0.3 is 15.5 Å². The van der Waals surface area contributed by atoms with E-state index in [1.165, 1.54) is 24.9 Å². The third kappa shape index (κ3) is 4.09. The average molecular weight is 349 g/mol. The van der Waals surface area contributed by atoms with Crippen LogP contribution in [0.5, 0.6) is 0 Å². The summed E-state index contributed by atoms with van der Waals surface area (Å²) in [6.45, 7) is 2.21. The van der Waals surface area contributed by atoms with Crippen LogP contribution in [0, 0.1) is 11.3 Å². The smallest absolute Gasteiger partial charge is 0.230 e. The van der Waals surface area contributed by atoms with Crippen molar-refractivity contribution in [2.45, 2.75) is 19.3 Å². The van der Waals surface area contributed by atoms with Crippen LogP contribution in [0.4, 0.5) is 17.6 Å². The van der Waals surface area contributed by atoms with Crippen molar-refractivity contribution in [1.82, 2.24) is 15.0 Å². The van der Waals surface area contributed by atoms with Gasteiger partial charge in [-0.1, -0.05) is 12.1 Å². The number of hydrogen-bond donors (Lipinski definition) is 1. The summed E-state index contributed by atoms with van der Waals surface area (Å²) in [5, 5.41) is 9.54. The molecule has 1 aliphatic heterocycles. The maximum absolute atomic E-state index is 9.54. The van der Waals surface area contributed by atoms with Gasteiger partial charge >= 0.3 is 0 Å². The molecule has 2 aromatic rings. The summed E-state index contributed by atoms with van der Waals surface area (Å²) in [5.74, 6) is 0.804. The second-order valence-electron chi connectivity index (χ2n) is 6.52. The first-order chi connectivity index (χ1) is 12.6. The molecule has 1 fully saturated rings. The number of nitrogens with zero attached hydrogens (tertiary/aromatic N) is 6. The average Bonchev–Trinajstić information content (AvgIpc) is 2.66. The third-order valence-electron chi connectivity index (χ3n) is 4.33. The number of benzene rings is 1. The Hall–Kier alpha value is -3.14. The molecule has 134 valence electrons. The highest BCUT2D eigenvalue weighted by atomic mass is 15.3. The largest absolute Gasteiger partial charge is 0.372 e. The maximum atomic E-state index is 9.54. The summed E-state index contributed by atoms with van der Waals surface area (Å²) >= 11 is 0. The van der Waals surface area contributed by atoms with Crippen LogP contribution >= 0.6 is 0 Å². The van der Waals surface area contributed by atoms with Crippen LogP contribution in [-0.4, -0.2) is 42.1 Å². The van der Waals surface area contributed by atoms with E-state index in [0.717, 1.165) is 18.7 Å². The number of hydrogen-bond acceptors (Lipinski definition) is 7. The van der Waals surface area contributed by atoms with Crippen molar-refractivity contribution >= 4 is 29.2 Å². The number of anilines is 3. The molecular formula is C19H23N7. The minimum atomic E-state index is 0.0975. The molecule has 2 N–H and O–H groups in total. The lowest BCUT2D eigenvalue weighted by Crippen LogP contribution is -2.29. The van der Waals surface area contributed by atoms with Crippen LogP contribution in [0.2, 0.25) is 0 Å². The van der Waals surface area contributed by atoms with E-state index >= 15 is 0 Å². The van der Waals surface area contributed by atoms with E-state index in [2.05, 4.69) is 38.1 Å². The molecule has 0 saturated carbocycles. The minimum Gasteiger partial charge on any atom is -0.372 e. The highest BCUT2D eigenvalue weighted by Gasteiger charge is 2.12. The molecule has 1 aromatic carbocycles. The summed E-state index contributed by atoms with van der Waals surface area (Å²) in [5.41, 5.74) is 8.25. The summed E-state index contributed by atoms with van der Waals surface area (Å²) in [6.07, 6.45) is 5.57. The highest BCUT2D eigenvalue weighted by Crippen LogP contribution is 2.22. The number of nitriles is 1. The Morgan fingerprint density at radius 3 is 2.42 bits per heavy atom. The molecule has 7 heteroatoms. The molecule has 2 heterocycles. The quantitative estimate of drug-likeness (QED) is 0.848. The molecule has 0 amide bonds. The summed E-state index contributed by atoms with van der Waals surface area (Å²) < 4.78 is 0. The van der Waals surface area contributed by atoms with E-state index in [-0.39, 0.29) is 11.8 Å². The zero-order valence-electron chi connectivity index (χ0n) is 15.2. The first-order valence-corrected chi connectivity index (χ1v) is 8.73. The summed E-state index contributed by atoms with van der Waals surface area (Å²) in [4.78, 5) is 16.6. The molecule has 0 atom stereocenters. The SMILES string of the molecule is CN(C)c1nc(N)nc(/C(C#N)=C/c2ccc(N3CCCCC3)cc2)n1. The lowest BCUT2D eigenvalue weighted by atomic mass is 10.1. The van der Waals surface area contributed by atoms with Crippen molar-refractivity contribution in [3.8, 4) is 6.07 Å². The molecule has 1 aliphatic rings. The molecule has 1 saturated heterocycles. The molecule has 3 rings (SSSR count). The Morgan fingerprint density at radius 1 is 1.12 bits per heavy atom. The van der Waals surface area contributed by atoms with Gasteiger partial charge in [0.2, 0.25) is 11.9 Å². The van der Waals surface area contributed by atoms with E-state index in [4.69, 9.17) is 5.73 Å². The monoisotopic (exact) mass is 349 g/mol. The topological polar surface area (TPSA) is 95.0 Å². The fraction of sp³-hybridized carbons (Fsp3) is 0.368. The predicted octanol–water partition coefficient (Wildman–Crippen LogP) is 2.57. The van der Waals surface area contributed by atoms with Gasteiger partial charge in [-0.2, -0.15) is 20.2 Å². The number of rotatable bonds is 4. The molecule has 0 bridgehead atoms. The zero-order chi connectivity index (χ0) is 18.5. The fourth-order valence-corrected chi connectivity index (χ4v) is 2.95. The number of nitrogens with two attached hydrogens (primary N) is 1. The molecule has 0 spiro atoms. The van der Waals surface area contributed by atoms with Crippen molar-refractivity contribution in [2.24, 2.45) is 0 Å². The van der Waals surface area contributed by atoms with Gasteiger partial charge in [0.25, 0.3) is 0 Å². The number of allylic oxidation sites excluding steroid dienone is 1. The summed E-state index contributed by atoms with van der Waals surface area (Å²) in [7, 11) is 3.63. The Bertz CT molecular complexity index is 828. The third-order valence-corrected chi connectivity index (χ3v) is 4.33. The summed E-state index contributed by atoms with van der Waals surface area (Å²) in [6, 6.07) is 10.4. The standard InChI is InChI=1S/C19H23N7/c1-25(2)19-23-17(22-18(21)24-19)15(13-20)12-14-6-8-16(9-7-14)26-10-4-3-5-11-26/h6-9,12H,3-5,10-11H2,1-2H3,(H2,21,22,23,24)/b15-12+. The van der Waals surface area contributed by atoms with Crippen LogP contribution in [0.15, 0.2) is 24.3 Å². The highest BCUT2D eigenvalue weighted by molar-refractivity contribution is 5.87. The molecular weight excluding hydrogens is 326 g/mol. The molecule has 26 heavy (non-hydrogen) atoms. The van der Waals surface area contributed by atoms with Crippen LogP contribution in [0.1, 0.15) is 30.7 Å². The lowest BCUT2D eigenvalue weighted by Gasteiger charge is -2.28. The molecule has 0 radical (unpaired) electrons. The number of aromatic nitrogens is 3. The lowest BCUT2D eigenvalue weighted by molar-refractivity contribution is 0.578. The van der Waals surface area contributed by atoms with Gasteiger partial charge in [-0.25, -0.2) is 0 Å². The number of nitrogen functional groups attached to an aromatic ring is 1. The van der Waals surface area contributed by atoms with Gasteiger partial charge in [-0.05, 0) is 43.0 Å². The Balaban J connectivity index is 1.86. The van der Waals surface area contributed by atoms with Crippen LogP contribution in [-0.2, 0) is 0 Å². The predicted molar refractivity (Wildman–Crippen MR) is 105 cm³/mol. The van der Waals surface area contributed by atoms with Crippen molar-refractivity contribution in [1.29, 1.82) is 5.26 Å². The molecule has 7 nitrogen and oxygen atoms in total. The van der Waals surface area contributed by atoms with Gasteiger partial charge in [0.05, 0.1) is 5.57 Å².